The van der Waals surface area contributed by atoms with E-state index in [9.17, 15) is 8.42 Å². The summed E-state index contributed by atoms with van der Waals surface area (Å²) in [5.74, 6) is 2.24. The normalized spacial score (nSPS) is 13.3. The molecule has 1 aliphatic rings. The highest BCUT2D eigenvalue weighted by Gasteiger charge is 2.18. The molecule has 30 heavy (non-hydrogen) atoms. The number of aryl methyl sites for hydroxylation is 1. The molecule has 0 bridgehead atoms. The smallest absolute Gasteiger partial charge is 0.229 e. The van der Waals surface area contributed by atoms with Gasteiger partial charge in [0.1, 0.15) is 11.6 Å². The molecule has 0 spiro atoms. The van der Waals surface area contributed by atoms with Gasteiger partial charge in [-0.25, -0.2) is 18.4 Å². The third-order valence-electron chi connectivity index (χ3n) is 4.20. The van der Waals surface area contributed by atoms with Gasteiger partial charge >= 0.3 is 0 Å². The maximum absolute atomic E-state index is 11.3. The second-order valence-electron chi connectivity index (χ2n) is 6.80. The number of anilines is 4. The van der Waals surface area contributed by atoms with Crippen molar-refractivity contribution in [2.45, 2.75) is 30.8 Å². The Bertz CT molecular complexity index is 1120. The molecule has 3 N–H and O–H groups in total. The van der Waals surface area contributed by atoms with Crippen LogP contribution in [0.5, 0.6) is 0 Å². The zero-order chi connectivity index (χ0) is 20.4. The molecular weight excluding hydrogens is 422 g/mol. The molecule has 1 fully saturated rings. The van der Waals surface area contributed by atoms with Gasteiger partial charge in [0.2, 0.25) is 10.0 Å². The van der Waals surface area contributed by atoms with E-state index in [2.05, 4.69) is 35.1 Å². The second-order valence-corrected chi connectivity index (χ2v) is 9.59. The quantitative estimate of drug-likeness (QED) is 0.452. The Hall–Kier alpha value is -2.79. The number of aromatic nitrogens is 4. The molecule has 1 saturated heterocycles. The first-order valence-corrected chi connectivity index (χ1v) is 11.7. The number of aromatic amines is 1. The zero-order valence-corrected chi connectivity index (χ0v) is 17.6. The highest BCUT2D eigenvalue weighted by molar-refractivity contribution is 7.99. The number of nitrogens with one attached hydrogen (secondary N) is 3. The van der Waals surface area contributed by atoms with E-state index in [0.717, 1.165) is 42.2 Å². The van der Waals surface area contributed by atoms with Crippen LogP contribution in [0.15, 0.2) is 46.5 Å². The Kier molecular flexibility index (Phi) is 6.52. The van der Waals surface area contributed by atoms with E-state index in [1.54, 1.807) is 12.1 Å². The molecule has 0 radical (unpaired) electrons. The van der Waals surface area contributed by atoms with Crippen LogP contribution < -0.4 is 14.9 Å². The lowest BCUT2D eigenvalue weighted by molar-refractivity contribution is 0.605. The van der Waals surface area contributed by atoms with Crippen molar-refractivity contribution in [1.29, 1.82) is 0 Å². The molecule has 0 aliphatic carbocycles. The molecule has 0 unspecified atom stereocenters. The summed E-state index contributed by atoms with van der Waals surface area (Å²) in [5, 5.41) is 10.9. The zero-order valence-electron chi connectivity index (χ0n) is 16.0. The Balaban J connectivity index is 0.00000256. The number of sulfonamides is 1. The number of nitrogens with zero attached hydrogens (tertiary/aromatic N) is 4. The van der Waals surface area contributed by atoms with E-state index in [1.807, 2.05) is 31.2 Å². The van der Waals surface area contributed by atoms with Crippen molar-refractivity contribution in [1.82, 2.24) is 20.2 Å². The van der Waals surface area contributed by atoms with Crippen LogP contribution in [0, 0.1) is 6.92 Å². The summed E-state index contributed by atoms with van der Waals surface area (Å²) < 4.78 is 25.1. The van der Waals surface area contributed by atoms with Crippen molar-refractivity contribution >= 4 is 44.9 Å². The molecule has 0 amide bonds. The van der Waals surface area contributed by atoms with Crippen molar-refractivity contribution in [3.63, 3.8) is 0 Å². The van der Waals surface area contributed by atoms with Gasteiger partial charge in [-0.05, 0) is 49.4 Å². The van der Waals surface area contributed by atoms with Crippen LogP contribution >= 0.6 is 11.8 Å². The maximum Gasteiger partial charge on any atom is 0.229 e. The molecule has 4 rings (SSSR count). The van der Waals surface area contributed by atoms with Crippen molar-refractivity contribution in [3.05, 3.63) is 42.1 Å². The van der Waals surface area contributed by atoms with Gasteiger partial charge in [0.15, 0.2) is 11.0 Å². The standard InChI is InChI=1S/C18H21N7O2S2.CH4.3H2/c1-12-10-16(23-22-12)19-15-11-17(25-8-3-9-25)21-18(20-15)28-14-6-4-13(5-7-14)24-29(2,26)27;;;;/h4-7,10-11,24H,3,8-9H2,1-2H3,(H2,19,20,21,22,23);1H4;3*1H. The maximum atomic E-state index is 11.3. The van der Waals surface area contributed by atoms with E-state index in [0.29, 0.717) is 22.5 Å². The monoisotopic (exact) mass is 453 g/mol. The number of hydrogen-bond acceptors (Lipinski definition) is 8. The Morgan fingerprint density at radius 1 is 1.13 bits per heavy atom. The largest absolute Gasteiger partial charge is 0.356 e. The molecule has 9 nitrogen and oxygen atoms in total. The fraction of sp³-hybridized carbons (Fsp3) is 0.316. The van der Waals surface area contributed by atoms with Crippen molar-refractivity contribution in [2.24, 2.45) is 0 Å². The fourth-order valence-electron chi connectivity index (χ4n) is 2.75. The Morgan fingerprint density at radius 3 is 2.43 bits per heavy atom. The number of H-pyrrole nitrogens is 1. The van der Waals surface area contributed by atoms with Crippen molar-refractivity contribution in [3.8, 4) is 0 Å². The van der Waals surface area contributed by atoms with Crippen LogP contribution in [0.1, 0.15) is 23.8 Å². The van der Waals surface area contributed by atoms with E-state index < -0.39 is 10.0 Å². The summed E-state index contributed by atoms with van der Waals surface area (Å²) in [7, 11) is -3.30. The number of benzene rings is 1. The van der Waals surface area contributed by atoms with E-state index in [4.69, 9.17) is 0 Å². The average Bonchev–Trinajstić information content (AvgIpc) is 2.98. The highest BCUT2D eigenvalue weighted by atomic mass is 32.2. The van der Waals surface area contributed by atoms with Gasteiger partial charge in [-0.1, -0.05) is 7.43 Å². The lowest BCUT2D eigenvalue weighted by Gasteiger charge is -2.32. The second kappa shape index (κ2) is 8.92. The minimum absolute atomic E-state index is 0. The summed E-state index contributed by atoms with van der Waals surface area (Å²) in [6.07, 6.45) is 2.28. The highest BCUT2D eigenvalue weighted by Crippen LogP contribution is 2.31. The van der Waals surface area contributed by atoms with Crippen LogP contribution in [0.2, 0.25) is 0 Å². The third kappa shape index (κ3) is 5.63. The molecule has 166 valence electrons. The first kappa shape index (κ1) is 21.9. The predicted molar refractivity (Wildman–Crippen MR) is 128 cm³/mol. The van der Waals surface area contributed by atoms with Crippen LogP contribution in [-0.2, 0) is 10.0 Å². The average molecular weight is 454 g/mol. The van der Waals surface area contributed by atoms with Gasteiger partial charge in [0, 0.05) is 45.8 Å². The molecule has 11 heteroatoms. The molecule has 1 aliphatic heterocycles. The summed E-state index contributed by atoms with van der Waals surface area (Å²) >= 11 is 1.42. The summed E-state index contributed by atoms with van der Waals surface area (Å²) in [5.41, 5.74) is 1.48. The Morgan fingerprint density at radius 2 is 1.87 bits per heavy atom. The van der Waals surface area contributed by atoms with E-state index in [-0.39, 0.29) is 11.7 Å². The topological polar surface area (TPSA) is 116 Å². The van der Waals surface area contributed by atoms with Gasteiger partial charge in [0.05, 0.1) is 6.26 Å². The third-order valence-corrected chi connectivity index (χ3v) is 5.68. The SMILES string of the molecule is C.Cc1cc(Nc2cc(N3CCC3)nc(Sc3ccc(NS(C)(=O)=O)cc3)n2)n[nH]1.[HH].[HH].[HH]. The predicted octanol–water partition coefficient (Wildman–Crippen LogP) is 4.36. The molecule has 2 aromatic heterocycles. The van der Waals surface area contributed by atoms with Gasteiger partial charge < -0.3 is 10.2 Å². The molecule has 0 atom stereocenters. The van der Waals surface area contributed by atoms with Crippen molar-refractivity contribution in [2.75, 3.05) is 34.3 Å². The van der Waals surface area contributed by atoms with E-state index in [1.165, 1.54) is 11.8 Å². The minimum atomic E-state index is -3.30. The van der Waals surface area contributed by atoms with Crippen LogP contribution in [0.3, 0.4) is 0 Å². The number of hydrogen-bond donors (Lipinski definition) is 3. The molecule has 3 heterocycles. The molecular formula is C19H31N7O2S2. The lowest BCUT2D eigenvalue weighted by Crippen LogP contribution is -2.37. The van der Waals surface area contributed by atoms with Crippen LogP contribution in [-0.4, -0.2) is 47.9 Å². The Labute approximate surface area is 185 Å². The van der Waals surface area contributed by atoms with Crippen LogP contribution in [0.4, 0.5) is 23.1 Å². The van der Waals surface area contributed by atoms with Gasteiger partial charge in [0.25, 0.3) is 0 Å². The summed E-state index contributed by atoms with van der Waals surface area (Å²) in [4.78, 5) is 12.4. The van der Waals surface area contributed by atoms with Crippen LogP contribution in [0.25, 0.3) is 0 Å². The lowest BCUT2D eigenvalue weighted by atomic mass is 10.2. The minimum Gasteiger partial charge on any atom is -0.356 e. The first-order valence-electron chi connectivity index (χ1n) is 9.03. The van der Waals surface area contributed by atoms with Gasteiger partial charge in [-0.2, -0.15) is 5.10 Å². The molecule has 3 aromatic rings. The molecule has 0 saturated carbocycles. The molecule has 1 aromatic carbocycles. The van der Waals surface area contributed by atoms with Gasteiger partial charge in [-0.15, -0.1) is 0 Å². The first-order chi connectivity index (χ1) is 13.8. The van der Waals surface area contributed by atoms with Crippen molar-refractivity contribution < 1.29 is 12.7 Å². The number of rotatable bonds is 7. The summed E-state index contributed by atoms with van der Waals surface area (Å²) in [6, 6.07) is 10.9. The fourth-order valence-corrected chi connectivity index (χ4v) is 4.08. The van der Waals surface area contributed by atoms with E-state index >= 15 is 0 Å². The van der Waals surface area contributed by atoms with Gasteiger partial charge in [-0.3, -0.25) is 9.82 Å². The summed E-state index contributed by atoms with van der Waals surface area (Å²) in [6.45, 7) is 3.90.